The minimum atomic E-state index is -0.477. The number of nitrogens with two attached hydrogens (primary N) is 1. The van der Waals surface area contributed by atoms with Crippen LogP contribution in [-0.4, -0.2) is 23.9 Å². The Hall–Kier alpha value is -1.58. The van der Waals surface area contributed by atoms with E-state index in [1.165, 1.54) is 43.9 Å². The van der Waals surface area contributed by atoms with Gasteiger partial charge in [-0.1, -0.05) is 19.3 Å². The summed E-state index contributed by atoms with van der Waals surface area (Å²) >= 11 is 0. The summed E-state index contributed by atoms with van der Waals surface area (Å²) in [6.07, 6.45) is 6.13. The van der Waals surface area contributed by atoms with Crippen LogP contribution in [0.4, 0.5) is 10.1 Å². The second-order valence-corrected chi connectivity index (χ2v) is 6.08. The number of fused-ring (bicyclic) bond motifs is 1. The first kappa shape index (κ1) is 13.4. The number of piperidine rings is 1. The number of carbonyl (C=O) groups is 1. The van der Waals surface area contributed by atoms with E-state index in [9.17, 15) is 9.18 Å². The summed E-state index contributed by atoms with van der Waals surface area (Å²) in [5.74, 6) is 0.679. The molecular weight excluding hydrogens is 255 g/mol. The van der Waals surface area contributed by atoms with Crippen molar-refractivity contribution in [2.24, 2.45) is 11.8 Å². The lowest BCUT2D eigenvalue weighted by Crippen LogP contribution is -2.45. The van der Waals surface area contributed by atoms with Crippen molar-refractivity contribution in [2.75, 3.05) is 18.8 Å². The summed E-state index contributed by atoms with van der Waals surface area (Å²) in [6, 6.07) is 4.21. The van der Waals surface area contributed by atoms with E-state index in [-0.39, 0.29) is 11.5 Å². The van der Waals surface area contributed by atoms with E-state index in [4.69, 9.17) is 5.73 Å². The molecule has 3 rings (SSSR count). The van der Waals surface area contributed by atoms with Crippen molar-refractivity contribution in [3.05, 3.63) is 29.6 Å². The number of nitrogen functional groups attached to an aromatic ring is 1. The second-order valence-electron chi connectivity index (χ2n) is 6.08. The Bertz CT molecular complexity index is 517. The van der Waals surface area contributed by atoms with Gasteiger partial charge < -0.3 is 10.6 Å². The fourth-order valence-electron chi connectivity index (χ4n) is 3.66. The Morgan fingerprint density at radius 3 is 2.75 bits per heavy atom. The molecule has 0 spiro atoms. The first-order chi connectivity index (χ1) is 9.65. The lowest BCUT2D eigenvalue weighted by Gasteiger charge is -2.41. The number of likely N-dealkylation sites (tertiary alicyclic amines) is 1. The summed E-state index contributed by atoms with van der Waals surface area (Å²) in [5, 5.41) is 0. The largest absolute Gasteiger partial charge is 0.399 e. The summed E-state index contributed by atoms with van der Waals surface area (Å²) in [7, 11) is 0. The van der Waals surface area contributed by atoms with Crippen LogP contribution < -0.4 is 5.73 Å². The highest BCUT2D eigenvalue weighted by Crippen LogP contribution is 2.36. The molecule has 2 aliphatic rings. The smallest absolute Gasteiger partial charge is 0.256 e. The average Bonchev–Trinajstić information content (AvgIpc) is 2.48. The Labute approximate surface area is 118 Å². The monoisotopic (exact) mass is 276 g/mol. The number of hydrogen-bond donors (Lipinski definition) is 1. The van der Waals surface area contributed by atoms with E-state index in [1.54, 1.807) is 0 Å². The molecule has 2 fully saturated rings. The highest BCUT2D eigenvalue weighted by atomic mass is 19.1. The molecule has 20 heavy (non-hydrogen) atoms. The van der Waals surface area contributed by atoms with Crippen LogP contribution in [0.2, 0.25) is 0 Å². The van der Waals surface area contributed by atoms with Crippen LogP contribution >= 0.6 is 0 Å². The number of hydrogen-bond acceptors (Lipinski definition) is 2. The number of amides is 1. The molecule has 0 aromatic heterocycles. The molecule has 2 unspecified atom stereocenters. The Morgan fingerprint density at radius 1 is 1.20 bits per heavy atom. The topological polar surface area (TPSA) is 46.3 Å². The SMILES string of the molecule is Nc1ccc(F)c(C(=O)N2CCC3CCCCC3C2)c1. The van der Waals surface area contributed by atoms with Crippen LogP contribution in [0.15, 0.2) is 18.2 Å². The van der Waals surface area contributed by atoms with E-state index >= 15 is 0 Å². The minimum Gasteiger partial charge on any atom is -0.399 e. The maximum absolute atomic E-state index is 13.8. The van der Waals surface area contributed by atoms with Crippen LogP contribution in [0.25, 0.3) is 0 Å². The van der Waals surface area contributed by atoms with Crippen LogP contribution in [0.3, 0.4) is 0 Å². The third-order valence-electron chi connectivity index (χ3n) is 4.80. The van der Waals surface area contributed by atoms with Crippen LogP contribution in [0.5, 0.6) is 0 Å². The molecule has 1 heterocycles. The van der Waals surface area contributed by atoms with E-state index in [1.807, 2.05) is 4.90 Å². The van der Waals surface area contributed by atoms with Gasteiger partial charge in [0.25, 0.3) is 5.91 Å². The normalized spacial score (nSPS) is 26.1. The summed E-state index contributed by atoms with van der Waals surface area (Å²) in [4.78, 5) is 14.3. The lowest BCUT2D eigenvalue weighted by atomic mass is 9.75. The number of rotatable bonds is 1. The van der Waals surface area contributed by atoms with Crippen molar-refractivity contribution in [3.63, 3.8) is 0 Å². The van der Waals surface area contributed by atoms with Crippen LogP contribution in [-0.2, 0) is 0 Å². The predicted octanol–water partition coefficient (Wildman–Crippen LogP) is 3.06. The number of benzene rings is 1. The quantitative estimate of drug-likeness (QED) is 0.801. The molecule has 4 heteroatoms. The Kier molecular flexibility index (Phi) is 3.64. The van der Waals surface area contributed by atoms with Gasteiger partial charge in [-0.3, -0.25) is 4.79 Å². The molecule has 1 aliphatic heterocycles. The molecule has 0 bridgehead atoms. The van der Waals surface area contributed by atoms with Crippen molar-refractivity contribution in [1.29, 1.82) is 0 Å². The minimum absolute atomic E-state index is 0.110. The zero-order chi connectivity index (χ0) is 14.1. The summed E-state index contributed by atoms with van der Waals surface area (Å²) in [5.41, 5.74) is 6.21. The van der Waals surface area contributed by atoms with Gasteiger partial charge in [0.15, 0.2) is 0 Å². The van der Waals surface area contributed by atoms with E-state index in [0.717, 1.165) is 25.4 Å². The predicted molar refractivity (Wildman–Crippen MR) is 76.8 cm³/mol. The number of carbonyl (C=O) groups excluding carboxylic acids is 1. The van der Waals surface area contributed by atoms with E-state index in [2.05, 4.69) is 0 Å². The van der Waals surface area contributed by atoms with Gasteiger partial charge in [0.1, 0.15) is 5.82 Å². The van der Waals surface area contributed by atoms with Crippen molar-refractivity contribution in [3.8, 4) is 0 Å². The third-order valence-corrected chi connectivity index (χ3v) is 4.80. The number of nitrogens with zero attached hydrogens (tertiary/aromatic N) is 1. The summed E-state index contributed by atoms with van der Waals surface area (Å²) < 4.78 is 13.8. The van der Waals surface area contributed by atoms with Crippen LogP contribution in [0, 0.1) is 17.7 Å². The molecule has 1 aromatic carbocycles. The number of anilines is 1. The first-order valence-electron chi connectivity index (χ1n) is 7.49. The van der Waals surface area contributed by atoms with Gasteiger partial charge in [-0.25, -0.2) is 4.39 Å². The zero-order valence-electron chi connectivity index (χ0n) is 11.6. The molecule has 1 amide bonds. The van der Waals surface area contributed by atoms with Gasteiger partial charge in [-0.2, -0.15) is 0 Å². The maximum Gasteiger partial charge on any atom is 0.256 e. The van der Waals surface area contributed by atoms with Gasteiger partial charge in [0.2, 0.25) is 0 Å². The van der Waals surface area contributed by atoms with Crippen molar-refractivity contribution in [1.82, 2.24) is 4.90 Å². The van der Waals surface area contributed by atoms with Gasteiger partial charge in [0.05, 0.1) is 5.56 Å². The molecule has 0 radical (unpaired) electrons. The molecular formula is C16H21FN2O. The summed E-state index contributed by atoms with van der Waals surface area (Å²) in [6.45, 7) is 1.52. The van der Waals surface area contributed by atoms with E-state index in [0.29, 0.717) is 11.6 Å². The highest BCUT2D eigenvalue weighted by Gasteiger charge is 2.33. The highest BCUT2D eigenvalue weighted by molar-refractivity contribution is 5.95. The standard InChI is InChI=1S/C16H21FN2O/c17-15-6-5-13(18)9-14(15)16(20)19-8-7-11-3-1-2-4-12(11)10-19/h5-6,9,11-12H,1-4,7-8,10,18H2. The molecule has 108 valence electrons. The second kappa shape index (κ2) is 5.43. The van der Waals surface area contributed by atoms with Gasteiger partial charge in [-0.15, -0.1) is 0 Å². The Balaban J connectivity index is 1.76. The lowest BCUT2D eigenvalue weighted by molar-refractivity contribution is 0.0517. The van der Waals surface area contributed by atoms with Gasteiger partial charge >= 0.3 is 0 Å². The molecule has 3 nitrogen and oxygen atoms in total. The van der Waals surface area contributed by atoms with Crippen LogP contribution in [0.1, 0.15) is 42.5 Å². The van der Waals surface area contributed by atoms with Crippen molar-refractivity contribution in [2.45, 2.75) is 32.1 Å². The maximum atomic E-state index is 13.8. The molecule has 1 aliphatic carbocycles. The van der Waals surface area contributed by atoms with E-state index < -0.39 is 5.82 Å². The fourth-order valence-corrected chi connectivity index (χ4v) is 3.66. The molecule has 1 saturated heterocycles. The fraction of sp³-hybridized carbons (Fsp3) is 0.562. The Morgan fingerprint density at radius 2 is 1.95 bits per heavy atom. The molecule has 1 aromatic rings. The first-order valence-corrected chi connectivity index (χ1v) is 7.49. The van der Waals surface area contributed by atoms with Gasteiger partial charge in [-0.05, 0) is 42.9 Å². The van der Waals surface area contributed by atoms with Crippen molar-refractivity contribution < 1.29 is 9.18 Å². The average molecular weight is 276 g/mol. The zero-order valence-corrected chi connectivity index (χ0v) is 11.6. The third kappa shape index (κ3) is 2.51. The molecule has 1 saturated carbocycles. The van der Waals surface area contributed by atoms with Crippen molar-refractivity contribution >= 4 is 11.6 Å². The molecule has 2 atom stereocenters. The number of halogens is 1. The molecule has 2 N–H and O–H groups in total. The van der Waals surface area contributed by atoms with Gasteiger partial charge in [0, 0.05) is 18.8 Å².